The van der Waals surface area contributed by atoms with Crippen LogP contribution < -0.4 is 0 Å². The molecule has 0 heterocycles. The Kier molecular flexibility index (Phi) is 6.19. The molecule has 4 heteroatoms. The molecule has 0 amide bonds. The smallest absolute Gasteiger partial charge is 0.305 e. The number of unbranched alkanes of at least 4 members (excludes halogenated alkanes) is 1. The standard InChI is InChI=1S/C13H16BrFO2/c1-2-17-13(16)6-4-3-5-10-7-8-11(14)12(15)9-10/h7-9H,2-6H2,1H3. The van der Waals surface area contributed by atoms with Gasteiger partial charge in [-0.05, 0) is 59.8 Å². The molecule has 0 aliphatic heterocycles. The third-order valence-electron chi connectivity index (χ3n) is 2.39. The highest BCUT2D eigenvalue weighted by molar-refractivity contribution is 9.10. The van der Waals surface area contributed by atoms with E-state index in [1.807, 2.05) is 6.07 Å². The van der Waals surface area contributed by atoms with Gasteiger partial charge < -0.3 is 4.74 Å². The van der Waals surface area contributed by atoms with Crippen molar-refractivity contribution in [3.8, 4) is 0 Å². The van der Waals surface area contributed by atoms with Gasteiger partial charge in [-0.1, -0.05) is 6.07 Å². The summed E-state index contributed by atoms with van der Waals surface area (Å²) in [7, 11) is 0. The minimum absolute atomic E-state index is 0.158. The molecule has 2 nitrogen and oxygen atoms in total. The van der Waals surface area contributed by atoms with Crippen molar-refractivity contribution in [2.24, 2.45) is 0 Å². The second-order valence-electron chi connectivity index (χ2n) is 3.76. The fourth-order valence-corrected chi connectivity index (χ4v) is 1.77. The summed E-state index contributed by atoms with van der Waals surface area (Å²) < 4.78 is 18.5. The number of ether oxygens (including phenoxy) is 1. The van der Waals surface area contributed by atoms with Crippen molar-refractivity contribution in [2.75, 3.05) is 6.61 Å². The minimum atomic E-state index is -0.243. The predicted molar refractivity (Wildman–Crippen MR) is 68.3 cm³/mol. The summed E-state index contributed by atoms with van der Waals surface area (Å²) in [5, 5.41) is 0. The SMILES string of the molecule is CCOC(=O)CCCCc1ccc(Br)c(F)c1. The molecule has 0 saturated carbocycles. The van der Waals surface area contributed by atoms with Gasteiger partial charge in [0, 0.05) is 6.42 Å². The lowest BCUT2D eigenvalue weighted by Crippen LogP contribution is -2.03. The van der Waals surface area contributed by atoms with E-state index in [1.54, 1.807) is 13.0 Å². The van der Waals surface area contributed by atoms with Crippen molar-refractivity contribution in [1.29, 1.82) is 0 Å². The van der Waals surface area contributed by atoms with Crippen molar-refractivity contribution in [3.05, 3.63) is 34.1 Å². The Hall–Kier alpha value is -0.900. The zero-order chi connectivity index (χ0) is 12.7. The van der Waals surface area contributed by atoms with E-state index in [2.05, 4.69) is 15.9 Å². The van der Waals surface area contributed by atoms with Crippen LogP contribution in [0.2, 0.25) is 0 Å². The molecule has 94 valence electrons. The maximum Gasteiger partial charge on any atom is 0.305 e. The lowest BCUT2D eigenvalue weighted by atomic mass is 10.1. The van der Waals surface area contributed by atoms with Crippen LogP contribution in [0.1, 0.15) is 31.7 Å². The Bertz CT molecular complexity index is 380. The van der Waals surface area contributed by atoms with Crippen LogP contribution in [-0.4, -0.2) is 12.6 Å². The molecule has 1 aromatic carbocycles. The fourth-order valence-electron chi connectivity index (χ4n) is 1.53. The Labute approximate surface area is 109 Å². The van der Waals surface area contributed by atoms with Crippen LogP contribution in [0.4, 0.5) is 4.39 Å². The van der Waals surface area contributed by atoms with Gasteiger partial charge in [0.15, 0.2) is 0 Å². The average Bonchev–Trinajstić information content (AvgIpc) is 2.29. The first kappa shape index (κ1) is 14.2. The summed E-state index contributed by atoms with van der Waals surface area (Å²) >= 11 is 3.11. The second kappa shape index (κ2) is 7.43. The zero-order valence-corrected chi connectivity index (χ0v) is 11.4. The fraction of sp³-hybridized carbons (Fsp3) is 0.462. The maximum atomic E-state index is 13.2. The van der Waals surface area contributed by atoms with Crippen molar-refractivity contribution in [1.82, 2.24) is 0 Å². The molecular weight excluding hydrogens is 287 g/mol. The number of carbonyl (C=O) groups excluding carboxylic acids is 1. The molecule has 0 N–H and O–H groups in total. The van der Waals surface area contributed by atoms with E-state index in [9.17, 15) is 9.18 Å². The van der Waals surface area contributed by atoms with Crippen LogP contribution in [0, 0.1) is 5.82 Å². The van der Waals surface area contributed by atoms with Crippen molar-refractivity contribution >= 4 is 21.9 Å². The van der Waals surface area contributed by atoms with Gasteiger partial charge in [-0.3, -0.25) is 4.79 Å². The monoisotopic (exact) mass is 302 g/mol. The number of rotatable bonds is 6. The highest BCUT2D eigenvalue weighted by Crippen LogP contribution is 2.17. The van der Waals surface area contributed by atoms with Crippen LogP contribution in [0.5, 0.6) is 0 Å². The highest BCUT2D eigenvalue weighted by atomic mass is 79.9. The van der Waals surface area contributed by atoms with E-state index in [0.717, 1.165) is 24.8 Å². The van der Waals surface area contributed by atoms with E-state index < -0.39 is 0 Å². The van der Waals surface area contributed by atoms with Gasteiger partial charge in [-0.2, -0.15) is 0 Å². The molecule has 1 rings (SSSR count). The van der Waals surface area contributed by atoms with Crippen LogP contribution in [0.3, 0.4) is 0 Å². The largest absolute Gasteiger partial charge is 0.466 e. The molecule has 0 aliphatic carbocycles. The first-order chi connectivity index (χ1) is 8.13. The van der Waals surface area contributed by atoms with Crippen LogP contribution in [0.15, 0.2) is 22.7 Å². The summed E-state index contributed by atoms with van der Waals surface area (Å²) in [6.45, 7) is 2.22. The highest BCUT2D eigenvalue weighted by Gasteiger charge is 2.03. The van der Waals surface area contributed by atoms with Gasteiger partial charge in [0.2, 0.25) is 0 Å². The predicted octanol–water partition coefficient (Wildman–Crippen LogP) is 3.86. The van der Waals surface area contributed by atoms with Gasteiger partial charge in [-0.15, -0.1) is 0 Å². The number of esters is 1. The lowest BCUT2D eigenvalue weighted by molar-refractivity contribution is -0.143. The Balaban J connectivity index is 2.26. The molecule has 17 heavy (non-hydrogen) atoms. The van der Waals surface area contributed by atoms with Crippen molar-refractivity contribution in [3.63, 3.8) is 0 Å². The summed E-state index contributed by atoms with van der Waals surface area (Å²) in [6, 6.07) is 5.11. The number of halogens is 2. The summed E-state index contributed by atoms with van der Waals surface area (Å²) in [6.07, 6.45) is 2.85. The van der Waals surface area contributed by atoms with E-state index in [-0.39, 0.29) is 11.8 Å². The number of hydrogen-bond donors (Lipinski definition) is 0. The van der Waals surface area contributed by atoms with E-state index in [4.69, 9.17) is 4.74 Å². The van der Waals surface area contributed by atoms with Gasteiger partial charge >= 0.3 is 5.97 Å². The van der Waals surface area contributed by atoms with E-state index in [0.29, 0.717) is 17.5 Å². The quantitative estimate of drug-likeness (QED) is 0.589. The molecule has 0 aliphatic rings. The van der Waals surface area contributed by atoms with E-state index >= 15 is 0 Å². The van der Waals surface area contributed by atoms with Gasteiger partial charge in [0.05, 0.1) is 11.1 Å². The third kappa shape index (κ3) is 5.31. The van der Waals surface area contributed by atoms with E-state index in [1.165, 1.54) is 6.07 Å². The summed E-state index contributed by atoms with van der Waals surface area (Å²) in [4.78, 5) is 11.1. The molecule has 0 atom stereocenters. The van der Waals surface area contributed by atoms with Crippen molar-refractivity contribution < 1.29 is 13.9 Å². The third-order valence-corrected chi connectivity index (χ3v) is 3.03. The average molecular weight is 303 g/mol. The minimum Gasteiger partial charge on any atom is -0.466 e. The Morgan fingerprint density at radius 3 is 2.82 bits per heavy atom. The molecule has 0 spiro atoms. The molecule has 0 aromatic heterocycles. The van der Waals surface area contributed by atoms with Crippen molar-refractivity contribution in [2.45, 2.75) is 32.6 Å². The second-order valence-corrected chi connectivity index (χ2v) is 4.61. The topological polar surface area (TPSA) is 26.3 Å². The molecule has 0 bridgehead atoms. The van der Waals surface area contributed by atoms with Crippen LogP contribution in [0.25, 0.3) is 0 Å². The first-order valence-corrected chi connectivity index (χ1v) is 6.52. The van der Waals surface area contributed by atoms with Crippen LogP contribution >= 0.6 is 15.9 Å². The summed E-state index contributed by atoms with van der Waals surface area (Å²) in [5.74, 6) is -0.401. The number of carbonyl (C=O) groups is 1. The molecule has 0 saturated heterocycles. The maximum absolute atomic E-state index is 13.2. The first-order valence-electron chi connectivity index (χ1n) is 5.73. The molecule has 0 fully saturated rings. The number of aryl methyl sites for hydroxylation is 1. The molecule has 1 aromatic rings. The lowest BCUT2D eigenvalue weighted by Gasteiger charge is -2.03. The van der Waals surface area contributed by atoms with Gasteiger partial charge in [-0.25, -0.2) is 4.39 Å². The normalized spacial score (nSPS) is 10.3. The van der Waals surface area contributed by atoms with Gasteiger partial charge in [0.1, 0.15) is 5.82 Å². The number of benzene rings is 1. The molecule has 0 radical (unpaired) electrons. The Morgan fingerprint density at radius 1 is 1.41 bits per heavy atom. The molecular formula is C13H16BrFO2. The number of hydrogen-bond acceptors (Lipinski definition) is 2. The van der Waals surface area contributed by atoms with Crippen LogP contribution in [-0.2, 0) is 16.0 Å². The zero-order valence-electron chi connectivity index (χ0n) is 9.84. The Morgan fingerprint density at radius 2 is 2.18 bits per heavy atom. The molecule has 0 unspecified atom stereocenters. The van der Waals surface area contributed by atoms with Gasteiger partial charge in [0.25, 0.3) is 0 Å². The summed E-state index contributed by atoms with van der Waals surface area (Å²) in [5.41, 5.74) is 0.953.